The van der Waals surface area contributed by atoms with Crippen LogP contribution in [0.3, 0.4) is 0 Å². The maximum Gasteiger partial charge on any atom is 0.183 e. The Kier molecular flexibility index (Phi) is 6.63. The van der Waals surface area contributed by atoms with Gasteiger partial charge < -0.3 is 4.74 Å². The Bertz CT molecular complexity index is 1160. The van der Waals surface area contributed by atoms with E-state index in [1.54, 1.807) is 19.1 Å². The number of ether oxygens (including phenoxy) is 1. The second kappa shape index (κ2) is 9.13. The molecule has 2 saturated heterocycles. The topological polar surface area (TPSA) is 84.0 Å². The number of benzene rings is 2. The zero-order valence-corrected chi connectivity index (χ0v) is 20.1. The van der Waals surface area contributed by atoms with Crippen LogP contribution in [0.2, 0.25) is 0 Å². The van der Waals surface area contributed by atoms with E-state index in [1.807, 2.05) is 18.2 Å². The van der Waals surface area contributed by atoms with Gasteiger partial charge in [-0.25, -0.2) is 16.8 Å². The molecular formula is C23H30N2O5S2. The molecule has 0 aliphatic carbocycles. The minimum absolute atomic E-state index is 0.106. The Balaban J connectivity index is 1.51. The molecule has 0 aromatic heterocycles. The number of hydrogen-bond donors (Lipinski definition) is 0. The van der Waals surface area contributed by atoms with Crippen molar-refractivity contribution in [1.29, 1.82) is 0 Å². The smallest absolute Gasteiger partial charge is 0.183 e. The van der Waals surface area contributed by atoms with Gasteiger partial charge in [-0.1, -0.05) is 30.3 Å². The average Bonchev–Trinajstić information content (AvgIpc) is 3.11. The van der Waals surface area contributed by atoms with Crippen molar-refractivity contribution in [3.63, 3.8) is 0 Å². The van der Waals surface area contributed by atoms with E-state index in [0.29, 0.717) is 24.4 Å². The summed E-state index contributed by atoms with van der Waals surface area (Å²) in [5.74, 6) is 0.175. The summed E-state index contributed by atoms with van der Waals surface area (Å²) in [7, 11) is -5.70. The van der Waals surface area contributed by atoms with Crippen molar-refractivity contribution in [1.82, 2.24) is 9.80 Å². The van der Waals surface area contributed by atoms with Crippen LogP contribution in [0.5, 0.6) is 5.75 Å². The lowest BCUT2D eigenvalue weighted by atomic mass is 10.1. The first-order chi connectivity index (χ1) is 15.2. The van der Waals surface area contributed by atoms with E-state index in [9.17, 15) is 16.8 Å². The molecule has 2 aliphatic rings. The van der Waals surface area contributed by atoms with Gasteiger partial charge >= 0.3 is 0 Å². The zero-order chi connectivity index (χ0) is 22.9. The number of methoxy groups -OCH3 is 1. The minimum atomic E-state index is -3.81. The first kappa shape index (κ1) is 23.2. The highest BCUT2D eigenvalue weighted by atomic mass is 32.2. The second-order valence-electron chi connectivity index (χ2n) is 8.66. The van der Waals surface area contributed by atoms with Gasteiger partial charge in [-0.05, 0) is 36.2 Å². The van der Waals surface area contributed by atoms with E-state index in [1.165, 1.54) is 18.7 Å². The summed E-state index contributed by atoms with van der Waals surface area (Å²) in [4.78, 5) is 4.54. The predicted molar refractivity (Wildman–Crippen MR) is 124 cm³/mol. The lowest BCUT2D eigenvalue weighted by molar-refractivity contribution is 0.101. The lowest BCUT2D eigenvalue weighted by Gasteiger charge is -2.39. The molecule has 174 valence electrons. The van der Waals surface area contributed by atoms with Gasteiger partial charge in [0.15, 0.2) is 19.7 Å². The van der Waals surface area contributed by atoms with Gasteiger partial charge in [0.05, 0.1) is 28.8 Å². The molecule has 7 nitrogen and oxygen atoms in total. The highest BCUT2D eigenvalue weighted by Crippen LogP contribution is 2.31. The van der Waals surface area contributed by atoms with Crippen LogP contribution in [-0.2, 0) is 26.2 Å². The Morgan fingerprint density at radius 3 is 2.31 bits per heavy atom. The molecule has 0 N–H and O–H groups in total. The summed E-state index contributed by atoms with van der Waals surface area (Å²) in [5, 5.41) is -0.957. The first-order valence-electron chi connectivity index (χ1n) is 10.8. The predicted octanol–water partition coefficient (Wildman–Crippen LogP) is 1.76. The molecule has 2 atom stereocenters. The number of sulfone groups is 2. The highest BCUT2D eigenvalue weighted by Gasteiger charge is 2.48. The molecule has 0 spiro atoms. The molecule has 9 heteroatoms. The molecule has 0 radical (unpaired) electrons. The van der Waals surface area contributed by atoms with Gasteiger partial charge in [-0.3, -0.25) is 9.80 Å². The van der Waals surface area contributed by atoms with Crippen LogP contribution in [0, 0.1) is 6.92 Å². The van der Waals surface area contributed by atoms with Gasteiger partial charge in [0.25, 0.3) is 0 Å². The average molecular weight is 479 g/mol. The summed E-state index contributed by atoms with van der Waals surface area (Å²) >= 11 is 0. The normalized spacial score (nSPS) is 24.4. The maximum absolute atomic E-state index is 13.5. The third kappa shape index (κ3) is 4.85. The Morgan fingerprint density at radius 2 is 1.69 bits per heavy atom. The Morgan fingerprint density at radius 1 is 1.00 bits per heavy atom. The third-order valence-electron chi connectivity index (χ3n) is 6.49. The van der Waals surface area contributed by atoms with Crippen molar-refractivity contribution in [3.05, 3.63) is 59.7 Å². The molecule has 0 saturated carbocycles. The van der Waals surface area contributed by atoms with E-state index >= 15 is 0 Å². The SMILES string of the molecule is COc1ccc(S(=O)(=O)[C@@H]2CS(=O)(=O)C[C@H]2N2CCN(Cc3ccccc3)CC2)cc1C. The quantitative estimate of drug-likeness (QED) is 0.626. The monoisotopic (exact) mass is 478 g/mol. The second-order valence-corrected chi connectivity index (χ2v) is 13.0. The third-order valence-corrected chi connectivity index (χ3v) is 10.6. The van der Waals surface area contributed by atoms with E-state index in [0.717, 1.165) is 19.6 Å². The summed E-state index contributed by atoms with van der Waals surface area (Å²) in [6.07, 6.45) is 0. The molecule has 32 heavy (non-hydrogen) atoms. The van der Waals surface area contributed by atoms with Gasteiger partial charge in [0.2, 0.25) is 0 Å². The molecule has 2 fully saturated rings. The minimum Gasteiger partial charge on any atom is -0.496 e. The summed E-state index contributed by atoms with van der Waals surface area (Å²) in [5.41, 5.74) is 1.94. The summed E-state index contributed by atoms with van der Waals surface area (Å²) in [6.45, 7) is 5.48. The number of piperazine rings is 1. The molecule has 0 amide bonds. The van der Waals surface area contributed by atoms with Crippen LogP contribution in [0.25, 0.3) is 0 Å². The van der Waals surface area contributed by atoms with E-state index in [4.69, 9.17) is 4.74 Å². The van der Waals surface area contributed by atoms with Gasteiger partial charge in [-0.2, -0.15) is 0 Å². The van der Waals surface area contributed by atoms with Crippen molar-refractivity contribution < 1.29 is 21.6 Å². The zero-order valence-electron chi connectivity index (χ0n) is 18.5. The van der Waals surface area contributed by atoms with Crippen LogP contribution >= 0.6 is 0 Å². The summed E-state index contributed by atoms with van der Waals surface area (Å²) < 4.78 is 57.3. The molecule has 0 bridgehead atoms. The van der Waals surface area contributed by atoms with Crippen LogP contribution in [0.4, 0.5) is 0 Å². The van der Waals surface area contributed by atoms with Gasteiger partial charge in [0.1, 0.15) is 5.75 Å². The fourth-order valence-corrected chi connectivity index (χ4v) is 9.64. The molecular weight excluding hydrogens is 448 g/mol. The lowest BCUT2D eigenvalue weighted by Crippen LogP contribution is -2.54. The van der Waals surface area contributed by atoms with Crippen molar-refractivity contribution in [2.75, 3.05) is 44.8 Å². The van der Waals surface area contributed by atoms with Crippen LogP contribution < -0.4 is 4.74 Å². The number of rotatable bonds is 6. The molecule has 2 aliphatic heterocycles. The highest BCUT2D eigenvalue weighted by molar-refractivity contribution is 7.96. The van der Waals surface area contributed by atoms with Gasteiger partial charge in [-0.15, -0.1) is 0 Å². The maximum atomic E-state index is 13.5. The van der Waals surface area contributed by atoms with Crippen molar-refractivity contribution in [2.45, 2.75) is 29.7 Å². The fraction of sp³-hybridized carbons (Fsp3) is 0.478. The van der Waals surface area contributed by atoms with Crippen molar-refractivity contribution in [2.24, 2.45) is 0 Å². The van der Waals surface area contributed by atoms with Crippen molar-refractivity contribution >= 4 is 19.7 Å². The largest absolute Gasteiger partial charge is 0.496 e. The Hall–Kier alpha value is -1.94. The first-order valence-corrected chi connectivity index (χ1v) is 14.2. The fourth-order valence-electron chi connectivity index (χ4n) is 4.73. The number of hydrogen-bond acceptors (Lipinski definition) is 7. The van der Waals surface area contributed by atoms with Crippen LogP contribution in [0.15, 0.2) is 53.4 Å². The number of nitrogens with zero attached hydrogens (tertiary/aromatic N) is 2. The van der Waals surface area contributed by atoms with Crippen LogP contribution in [-0.4, -0.2) is 82.7 Å². The van der Waals surface area contributed by atoms with E-state index in [2.05, 4.69) is 21.9 Å². The van der Waals surface area contributed by atoms with Crippen molar-refractivity contribution in [3.8, 4) is 5.75 Å². The van der Waals surface area contributed by atoms with Gasteiger partial charge in [0, 0.05) is 38.8 Å². The Labute approximate surface area is 190 Å². The standard InChI is InChI=1S/C23H30N2O5S2/c1-18-14-20(8-9-22(18)30-2)32(28,29)23-17-31(26,27)16-21(23)25-12-10-24(11-13-25)15-19-6-4-3-5-7-19/h3-9,14,21,23H,10-13,15-17H2,1-2H3/t21-,23-/m1/s1. The number of aryl methyl sites for hydroxylation is 1. The molecule has 0 unspecified atom stereocenters. The molecule has 2 aromatic carbocycles. The van der Waals surface area contributed by atoms with Crippen LogP contribution in [0.1, 0.15) is 11.1 Å². The van der Waals surface area contributed by atoms with E-state index in [-0.39, 0.29) is 16.4 Å². The molecule has 2 aromatic rings. The van der Waals surface area contributed by atoms with E-state index < -0.39 is 31.0 Å². The molecule has 2 heterocycles. The summed E-state index contributed by atoms with van der Waals surface area (Å²) in [6, 6.07) is 14.4. The molecule has 4 rings (SSSR count).